The summed E-state index contributed by atoms with van der Waals surface area (Å²) in [6.07, 6.45) is 1.02. The Kier molecular flexibility index (Phi) is 6.93. The summed E-state index contributed by atoms with van der Waals surface area (Å²) in [7, 11) is -4.04. The molecule has 12 nitrogen and oxygen atoms in total. The van der Waals surface area contributed by atoms with Gasteiger partial charge in [-0.2, -0.15) is 0 Å². The molecule has 2 aromatic carbocycles. The number of aromatic nitrogens is 3. The summed E-state index contributed by atoms with van der Waals surface area (Å²) in [5.74, 6) is -0.201. The Morgan fingerprint density at radius 3 is 2.64 bits per heavy atom. The molecule has 1 fully saturated rings. The monoisotopic (exact) mass is 549 g/mol. The van der Waals surface area contributed by atoms with Crippen LogP contribution in [0.3, 0.4) is 0 Å². The highest BCUT2D eigenvalue weighted by Gasteiger charge is 2.24. The molecule has 39 heavy (non-hydrogen) atoms. The maximum absolute atomic E-state index is 13.5. The van der Waals surface area contributed by atoms with Gasteiger partial charge in [0.25, 0.3) is 15.6 Å². The molecule has 1 aliphatic rings. The predicted molar refractivity (Wildman–Crippen MR) is 147 cm³/mol. The van der Waals surface area contributed by atoms with E-state index >= 15 is 0 Å². The van der Waals surface area contributed by atoms with Gasteiger partial charge in [-0.15, -0.1) is 0 Å². The summed E-state index contributed by atoms with van der Waals surface area (Å²) >= 11 is 0. The molecule has 0 aliphatic carbocycles. The van der Waals surface area contributed by atoms with Gasteiger partial charge in [-0.05, 0) is 35.9 Å². The van der Waals surface area contributed by atoms with Crippen LogP contribution in [0.25, 0.3) is 22.0 Å². The molecule has 0 radical (unpaired) electrons. The fourth-order valence-corrected chi connectivity index (χ4v) is 5.62. The standard InChI is InChI=1S/C26H27N7O5S/c1-16(34)32-9-10-38-20(14-32)15-33-25(35)21-11-17(7-8-22(21)30-26(33)28)18-12-23(24(27)29-13-18)39(36,37)31-19-5-3-2-4-6-19/h2-8,11-13,20,31H,9-10,14-15H2,1H3,(H2,27,29)(H2,28,30). The number of fused-ring (bicyclic) bond motifs is 1. The first kappa shape index (κ1) is 26.1. The van der Waals surface area contributed by atoms with E-state index in [0.717, 1.165) is 0 Å². The van der Waals surface area contributed by atoms with Crippen LogP contribution in [0.4, 0.5) is 17.5 Å². The Balaban J connectivity index is 1.50. The van der Waals surface area contributed by atoms with Crippen LogP contribution in [0.15, 0.2) is 70.5 Å². The van der Waals surface area contributed by atoms with E-state index in [1.54, 1.807) is 53.4 Å². The Labute approximate surface area is 224 Å². The lowest BCUT2D eigenvalue weighted by atomic mass is 10.1. The van der Waals surface area contributed by atoms with Crippen LogP contribution in [-0.4, -0.2) is 59.6 Å². The highest BCUT2D eigenvalue weighted by Crippen LogP contribution is 2.28. The molecular formula is C26H27N7O5S. The minimum absolute atomic E-state index is 0.0262. The molecule has 1 atom stereocenters. The Bertz CT molecular complexity index is 1720. The van der Waals surface area contributed by atoms with Crippen LogP contribution in [0.1, 0.15) is 6.92 Å². The zero-order chi connectivity index (χ0) is 27.7. The summed E-state index contributed by atoms with van der Waals surface area (Å²) in [4.78, 5) is 35.2. The molecule has 2 aromatic heterocycles. The molecule has 4 aromatic rings. The average molecular weight is 550 g/mol. The SMILES string of the molecule is CC(=O)N1CCOC(Cn2c(N)nc3ccc(-c4cnc(N)c(S(=O)(=O)Nc5ccccc5)c4)cc3c2=O)C1. The number of carbonyl (C=O) groups excluding carboxylic acids is 1. The Morgan fingerprint density at radius 1 is 1.13 bits per heavy atom. The van der Waals surface area contributed by atoms with Crippen molar-refractivity contribution in [3.05, 3.63) is 71.1 Å². The van der Waals surface area contributed by atoms with E-state index < -0.39 is 16.1 Å². The molecule has 0 spiro atoms. The van der Waals surface area contributed by atoms with Gasteiger partial charge in [-0.25, -0.2) is 18.4 Å². The number of rotatable bonds is 6. The van der Waals surface area contributed by atoms with Crippen molar-refractivity contribution in [1.82, 2.24) is 19.4 Å². The van der Waals surface area contributed by atoms with E-state index in [-0.39, 0.29) is 40.1 Å². The third kappa shape index (κ3) is 5.40. The highest BCUT2D eigenvalue weighted by molar-refractivity contribution is 7.92. The van der Waals surface area contributed by atoms with Gasteiger partial charge in [0.15, 0.2) is 0 Å². The van der Waals surface area contributed by atoms with Crippen molar-refractivity contribution in [3.63, 3.8) is 0 Å². The van der Waals surface area contributed by atoms with E-state index in [1.807, 2.05) is 0 Å². The Morgan fingerprint density at radius 2 is 1.90 bits per heavy atom. The van der Waals surface area contributed by atoms with Crippen molar-refractivity contribution in [1.29, 1.82) is 0 Å². The van der Waals surface area contributed by atoms with Crippen LogP contribution in [0.5, 0.6) is 0 Å². The second kappa shape index (κ2) is 10.3. The second-order valence-corrected chi connectivity index (χ2v) is 10.8. The summed E-state index contributed by atoms with van der Waals surface area (Å²) in [5, 5.41) is 0.282. The number of ether oxygens (including phenoxy) is 1. The lowest BCUT2D eigenvalue weighted by Crippen LogP contribution is -2.47. The van der Waals surface area contributed by atoms with Gasteiger partial charge in [0.2, 0.25) is 11.9 Å². The van der Waals surface area contributed by atoms with Crippen LogP contribution < -0.4 is 21.7 Å². The van der Waals surface area contributed by atoms with Gasteiger partial charge < -0.3 is 21.1 Å². The topological polar surface area (TPSA) is 176 Å². The van der Waals surface area contributed by atoms with Crippen molar-refractivity contribution in [2.45, 2.75) is 24.5 Å². The van der Waals surface area contributed by atoms with Gasteiger partial charge in [-0.1, -0.05) is 24.3 Å². The van der Waals surface area contributed by atoms with Crippen molar-refractivity contribution in [2.24, 2.45) is 0 Å². The molecule has 5 rings (SSSR count). The van der Waals surface area contributed by atoms with Crippen molar-refractivity contribution in [2.75, 3.05) is 35.9 Å². The number of nitrogen functional groups attached to an aromatic ring is 2. The third-order valence-electron chi connectivity index (χ3n) is 6.48. The molecule has 13 heteroatoms. The summed E-state index contributed by atoms with van der Waals surface area (Å²) < 4.78 is 35.7. The molecule has 3 heterocycles. The van der Waals surface area contributed by atoms with Gasteiger partial charge >= 0.3 is 0 Å². The number of hydrogen-bond donors (Lipinski definition) is 3. The van der Waals surface area contributed by atoms with Gasteiger partial charge in [-0.3, -0.25) is 18.9 Å². The van der Waals surface area contributed by atoms with E-state index in [9.17, 15) is 18.0 Å². The highest BCUT2D eigenvalue weighted by atomic mass is 32.2. The molecule has 1 aliphatic heterocycles. The van der Waals surface area contributed by atoms with E-state index in [0.29, 0.717) is 42.0 Å². The van der Waals surface area contributed by atoms with Crippen LogP contribution in [0.2, 0.25) is 0 Å². The molecule has 1 saturated heterocycles. The summed E-state index contributed by atoms with van der Waals surface area (Å²) in [5.41, 5.74) is 13.4. The normalized spacial score (nSPS) is 15.8. The van der Waals surface area contributed by atoms with Gasteiger partial charge in [0, 0.05) is 37.5 Å². The fraction of sp³-hybridized carbons (Fsp3) is 0.231. The number of pyridine rings is 1. The van der Waals surface area contributed by atoms with Crippen LogP contribution in [-0.2, 0) is 26.1 Å². The number of benzene rings is 2. The number of amides is 1. The number of anilines is 3. The number of morpholine rings is 1. The molecule has 1 amide bonds. The quantitative estimate of drug-likeness (QED) is 0.323. The summed E-state index contributed by atoms with van der Waals surface area (Å²) in [6.45, 7) is 2.80. The zero-order valence-corrected chi connectivity index (χ0v) is 21.9. The predicted octanol–water partition coefficient (Wildman–Crippen LogP) is 1.67. The number of para-hydroxylation sites is 1. The molecule has 0 bridgehead atoms. The molecule has 202 valence electrons. The first-order valence-electron chi connectivity index (χ1n) is 12.1. The Hall–Kier alpha value is -4.49. The van der Waals surface area contributed by atoms with Gasteiger partial charge in [0.05, 0.1) is 30.2 Å². The van der Waals surface area contributed by atoms with E-state index in [2.05, 4.69) is 14.7 Å². The number of nitrogens with zero attached hydrogens (tertiary/aromatic N) is 4. The average Bonchev–Trinajstić information content (AvgIpc) is 2.91. The van der Waals surface area contributed by atoms with E-state index in [1.165, 1.54) is 23.8 Å². The van der Waals surface area contributed by atoms with Crippen molar-refractivity contribution < 1.29 is 17.9 Å². The number of carbonyl (C=O) groups is 1. The minimum atomic E-state index is -4.04. The second-order valence-electron chi connectivity index (χ2n) is 9.15. The molecule has 0 saturated carbocycles. The van der Waals surface area contributed by atoms with Crippen LogP contribution in [0, 0.1) is 0 Å². The number of nitrogens with two attached hydrogens (primary N) is 2. The maximum Gasteiger partial charge on any atom is 0.265 e. The molecule has 5 N–H and O–H groups in total. The molecular weight excluding hydrogens is 522 g/mol. The fourth-order valence-electron chi connectivity index (χ4n) is 4.46. The first-order chi connectivity index (χ1) is 18.6. The molecule has 1 unspecified atom stereocenters. The van der Waals surface area contributed by atoms with Crippen molar-refractivity contribution >= 4 is 44.3 Å². The van der Waals surface area contributed by atoms with Crippen LogP contribution >= 0.6 is 0 Å². The van der Waals surface area contributed by atoms with Crippen molar-refractivity contribution in [3.8, 4) is 11.1 Å². The first-order valence-corrected chi connectivity index (χ1v) is 13.6. The largest absolute Gasteiger partial charge is 0.383 e. The lowest BCUT2D eigenvalue weighted by molar-refractivity contribution is -0.136. The maximum atomic E-state index is 13.5. The minimum Gasteiger partial charge on any atom is -0.383 e. The van der Waals surface area contributed by atoms with E-state index in [4.69, 9.17) is 16.2 Å². The number of nitrogens with one attached hydrogen (secondary N) is 1. The number of sulfonamides is 1. The number of hydrogen-bond acceptors (Lipinski definition) is 9. The summed E-state index contributed by atoms with van der Waals surface area (Å²) in [6, 6.07) is 14.8. The lowest BCUT2D eigenvalue weighted by Gasteiger charge is -2.32. The smallest absolute Gasteiger partial charge is 0.265 e. The third-order valence-corrected chi connectivity index (χ3v) is 7.90. The van der Waals surface area contributed by atoms with Gasteiger partial charge in [0.1, 0.15) is 10.7 Å². The zero-order valence-electron chi connectivity index (χ0n) is 21.1.